The number of hydrogen-bond acceptors (Lipinski definition) is 12. The van der Waals surface area contributed by atoms with Gasteiger partial charge in [-0.1, -0.05) is 147 Å². The number of ether oxygens (including phenoxy) is 1. The van der Waals surface area contributed by atoms with Crippen LogP contribution in [0.25, 0.3) is 24.3 Å². The van der Waals surface area contributed by atoms with Crippen LogP contribution in [0.15, 0.2) is 52.4 Å². The van der Waals surface area contributed by atoms with Crippen molar-refractivity contribution >= 4 is 104 Å². The first-order valence-corrected chi connectivity index (χ1v) is 31.2. The minimum Gasteiger partial charge on any atom is -0.478 e. The maximum absolute atomic E-state index is 11.5. The normalized spacial score (nSPS) is 19.9. The summed E-state index contributed by atoms with van der Waals surface area (Å²) in [6, 6.07) is 14.3. The lowest BCUT2D eigenvalue weighted by Crippen LogP contribution is -2.32. The zero-order chi connectivity index (χ0) is 57.6. The Morgan fingerprint density at radius 3 is 1.05 bits per heavy atom. The van der Waals surface area contributed by atoms with E-state index in [2.05, 4.69) is 143 Å². The van der Waals surface area contributed by atoms with Gasteiger partial charge in [0.1, 0.15) is 10.0 Å². The van der Waals surface area contributed by atoms with Gasteiger partial charge in [-0.2, -0.15) is 0 Å². The fourth-order valence-electron chi connectivity index (χ4n) is 10.5. The Morgan fingerprint density at radius 1 is 0.449 bits per heavy atom. The quantitative estimate of drug-likeness (QED) is 0.123. The van der Waals surface area contributed by atoms with Gasteiger partial charge in [-0.05, 0) is 115 Å². The Bertz CT molecular complexity index is 3080. The molecular weight excluding hydrogens is 1110 g/mol. The fourth-order valence-corrected chi connectivity index (χ4v) is 16.0. The van der Waals surface area contributed by atoms with E-state index in [1.54, 1.807) is 69.6 Å². The van der Waals surface area contributed by atoms with Crippen molar-refractivity contribution in [3.05, 3.63) is 132 Å². The van der Waals surface area contributed by atoms with Gasteiger partial charge in [0.2, 0.25) is 0 Å². The van der Waals surface area contributed by atoms with Crippen LogP contribution < -0.4 is 0 Å². The van der Waals surface area contributed by atoms with E-state index in [4.69, 9.17) is 19.8 Å². The molecule has 10 rings (SSSR count). The molecule has 0 aliphatic heterocycles. The third-order valence-electron chi connectivity index (χ3n) is 16.5. The van der Waals surface area contributed by atoms with E-state index >= 15 is 0 Å². The van der Waals surface area contributed by atoms with Crippen LogP contribution >= 0.6 is 61.3 Å². The third kappa shape index (κ3) is 13.6. The van der Waals surface area contributed by atoms with E-state index in [0.29, 0.717) is 21.5 Å². The summed E-state index contributed by atoms with van der Waals surface area (Å²) in [5.74, 6) is -1.21. The Morgan fingerprint density at radius 2 is 0.744 bits per heavy atom. The molecule has 4 heterocycles. The number of benzene rings is 2. The van der Waals surface area contributed by atoms with Crippen LogP contribution in [0.3, 0.4) is 0 Å². The Labute approximate surface area is 489 Å². The predicted molar refractivity (Wildman–Crippen MR) is 332 cm³/mol. The average Bonchev–Trinajstić information content (AvgIpc) is 4.36. The van der Waals surface area contributed by atoms with Gasteiger partial charge in [-0.3, -0.25) is 4.79 Å². The Balaban J connectivity index is 0.000000155. The second-order valence-electron chi connectivity index (χ2n) is 26.7. The number of nitrogens with zero attached hydrogens (tertiary/aromatic N) is 4. The van der Waals surface area contributed by atoms with E-state index in [9.17, 15) is 14.4 Å². The lowest BCUT2D eigenvalue weighted by atomic mass is 9.69. The minimum atomic E-state index is -0.900. The lowest BCUT2D eigenvalue weighted by Gasteiger charge is -2.37. The van der Waals surface area contributed by atoms with E-state index in [0.717, 1.165) is 49.9 Å². The Hall–Kier alpha value is -4.47. The summed E-state index contributed by atoms with van der Waals surface area (Å²) in [5.41, 5.74) is 9.41. The number of aromatic nitrogens is 4. The highest BCUT2D eigenvalue weighted by atomic mass is 79.9. The van der Waals surface area contributed by atoms with E-state index in [1.807, 2.05) is 42.5 Å². The summed E-state index contributed by atoms with van der Waals surface area (Å²) in [7, 11) is 1.39. The molecule has 6 aromatic rings. The molecule has 0 fully saturated rings. The number of aldehydes is 1. The van der Waals surface area contributed by atoms with Crippen LogP contribution in [0.4, 0.5) is 0 Å². The van der Waals surface area contributed by atoms with Crippen LogP contribution in [0, 0.1) is 0 Å². The van der Waals surface area contributed by atoms with Gasteiger partial charge >= 0.3 is 11.9 Å². The molecule has 0 spiro atoms. The molecule has 0 saturated carbocycles. The van der Waals surface area contributed by atoms with E-state index in [1.165, 1.54) is 82.2 Å². The topological polar surface area (TPSA) is 132 Å². The fraction of sp³-hybridized carbons (Fsp3) is 0.516. The smallest absolute Gasteiger partial charge is 0.337 e. The molecule has 0 radical (unpaired) electrons. The number of carboxylic acids is 1. The molecule has 4 aliphatic rings. The van der Waals surface area contributed by atoms with Crippen LogP contribution in [0.5, 0.6) is 0 Å². The van der Waals surface area contributed by atoms with E-state index in [-0.39, 0.29) is 43.9 Å². The van der Waals surface area contributed by atoms with Gasteiger partial charge in [0.25, 0.3) is 0 Å². The van der Waals surface area contributed by atoms with Gasteiger partial charge in [0.05, 0.1) is 41.0 Å². The van der Waals surface area contributed by atoms with Crippen molar-refractivity contribution < 1.29 is 24.2 Å². The number of rotatable bonds is 7. The van der Waals surface area contributed by atoms with Gasteiger partial charge in [0, 0.05) is 62.8 Å². The van der Waals surface area contributed by atoms with Crippen molar-refractivity contribution in [1.82, 2.24) is 19.9 Å². The van der Waals surface area contributed by atoms with Gasteiger partial charge in [-0.15, -0.1) is 45.3 Å². The monoisotopic (exact) mass is 1190 g/mol. The van der Waals surface area contributed by atoms with Crippen molar-refractivity contribution in [1.29, 1.82) is 0 Å². The number of fused-ring (bicyclic) bond motifs is 4. The van der Waals surface area contributed by atoms with Crippen LogP contribution in [-0.2, 0) is 48.1 Å². The molecule has 78 heavy (non-hydrogen) atoms. The zero-order valence-electron chi connectivity index (χ0n) is 49.0. The maximum Gasteiger partial charge on any atom is 0.337 e. The molecule has 4 aromatic heterocycles. The summed E-state index contributed by atoms with van der Waals surface area (Å²) < 4.78 is 5.76. The van der Waals surface area contributed by atoms with Gasteiger partial charge in [-0.25, -0.2) is 29.5 Å². The van der Waals surface area contributed by atoms with Gasteiger partial charge < -0.3 is 9.84 Å². The second kappa shape index (κ2) is 22.8. The maximum atomic E-state index is 11.5. The summed E-state index contributed by atoms with van der Waals surface area (Å²) in [6.07, 6.45) is 18.6. The first kappa shape index (κ1) is 61.2. The van der Waals surface area contributed by atoms with Crippen LogP contribution in [-0.4, -0.2) is 50.4 Å². The van der Waals surface area contributed by atoms with Gasteiger partial charge in [0.15, 0.2) is 15.2 Å². The number of carbonyl (C=O) groups excluding carboxylic acids is 2. The number of carbonyl (C=O) groups is 3. The van der Waals surface area contributed by atoms with Crippen molar-refractivity contribution in [3.63, 3.8) is 0 Å². The average molecular weight is 1190 g/mol. The predicted octanol–water partition coefficient (Wildman–Crippen LogP) is 18.4. The highest BCUT2D eigenvalue weighted by molar-refractivity contribution is 9.11. The number of aromatic carboxylic acids is 1. The molecule has 1 N–H and O–H groups in total. The highest BCUT2D eigenvalue weighted by Gasteiger charge is 2.43. The molecule has 0 bridgehead atoms. The standard InChI is InChI=1S/C21H25NO2S.C20H23NO2S.C12H17NOS.C11H16BrNS/c1-20(2)12-13-21(3,4)18-17(20)22-16(25-18)11-8-14-6-9-15(10-7-14)19(23)24-5;1-19(2)11-12-20(3,4)17-16(19)21-15(24-17)10-7-13-5-8-14(9-6-13)18(22)23;1-11(2)5-6-12(3,4)10-9(11)13-8(7-14)15-10;1-10(2)5-6-11(3,4)8-7(10)13-9(12)14-8/h6-11H,12-13H2,1-5H3;5-10H,11-12H2,1-4H3,(H,22,23);7H,5-6H2,1-4H3;5-6H2,1-4H3/b11-8+;10-7+;;. The number of thiazole rings is 4. The molecule has 0 unspecified atom stereocenters. The molecule has 4 aliphatic carbocycles. The van der Waals surface area contributed by atoms with Crippen molar-refractivity contribution in [2.45, 2.75) is 205 Å². The van der Waals surface area contributed by atoms with Crippen molar-refractivity contribution in [2.75, 3.05) is 7.11 Å². The summed E-state index contributed by atoms with van der Waals surface area (Å²) in [4.78, 5) is 57.7. The Kier molecular flexibility index (Phi) is 17.9. The van der Waals surface area contributed by atoms with Crippen LogP contribution in [0.1, 0.15) is 256 Å². The molecule has 2 aromatic carbocycles. The SMILES string of the molecule is CC1(C)CCC(C)(C)c2sc(/C=C/c3ccc(C(=O)O)cc3)nc21.CC1(C)CCC(C)(C)c2sc(Br)nc21.CC1(C)CCC(C)(C)c2sc(C=O)nc21.COC(=O)c1ccc(/C=C/c2nc3c(s2)C(C)(C)CCC3(C)C)cc1. The number of methoxy groups -OCH3 is 1. The second-order valence-corrected chi connectivity index (χ2v) is 32.1. The van der Waals surface area contributed by atoms with Crippen LogP contribution in [0.2, 0.25) is 0 Å². The highest BCUT2D eigenvalue weighted by Crippen LogP contribution is 2.52. The molecule has 14 heteroatoms. The summed E-state index contributed by atoms with van der Waals surface area (Å²) in [5, 5.41) is 11.6. The van der Waals surface area contributed by atoms with Crippen molar-refractivity contribution in [3.8, 4) is 0 Å². The molecule has 0 amide bonds. The number of esters is 1. The van der Waals surface area contributed by atoms with Crippen molar-refractivity contribution in [2.24, 2.45) is 0 Å². The largest absolute Gasteiger partial charge is 0.478 e. The first-order chi connectivity index (χ1) is 36.1. The molecule has 9 nitrogen and oxygen atoms in total. The van der Waals surface area contributed by atoms with E-state index < -0.39 is 5.97 Å². The lowest BCUT2D eigenvalue weighted by molar-refractivity contribution is 0.0599. The molecule has 0 atom stereocenters. The molecule has 418 valence electrons. The number of halogens is 1. The third-order valence-corrected chi connectivity index (χ3v) is 22.5. The number of hydrogen-bond donors (Lipinski definition) is 1. The number of carboxylic acid groups (broad SMARTS) is 1. The molecular formula is C64H81BrN4O5S4. The molecule has 0 saturated heterocycles. The first-order valence-electron chi connectivity index (χ1n) is 27.2. The summed E-state index contributed by atoms with van der Waals surface area (Å²) >= 11 is 10.5. The zero-order valence-corrected chi connectivity index (χ0v) is 53.9. The minimum absolute atomic E-state index is 0.128. The summed E-state index contributed by atoms with van der Waals surface area (Å²) in [6.45, 7) is 36.5.